The predicted octanol–water partition coefficient (Wildman–Crippen LogP) is 5.78. The fourth-order valence-electron chi connectivity index (χ4n) is 2.53. The Morgan fingerprint density at radius 1 is 0.952 bits per heavy atom. The van der Waals surface area contributed by atoms with Crippen molar-refractivity contribution in [2.45, 2.75) is 58.5 Å². The van der Waals surface area contributed by atoms with E-state index in [4.69, 9.17) is 0 Å². The third-order valence-corrected chi connectivity index (χ3v) is 3.81. The zero-order chi connectivity index (χ0) is 15.4. The van der Waals surface area contributed by atoms with Crippen molar-refractivity contribution in [3.05, 3.63) is 59.2 Å². The summed E-state index contributed by atoms with van der Waals surface area (Å²) in [5, 5.41) is 0. The van der Waals surface area contributed by atoms with Crippen LogP contribution in [0.2, 0.25) is 0 Å². The summed E-state index contributed by atoms with van der Waals surface area (Å²) in [7, 11) is 2.84. The van der Waals surface area contributed by atoms with Crippen LogP contribution in [0.4, 0.5) is 0 Å². The molecule has 0 bridgehead atoms. The van der Waals surface area contributed by atoms with Gasteiger partial charge in [0.05, 0.1) is 0 Å². The van der Waals surface area contributed by atoms with Crippen LogP contribution in [0.5, 0.6) is 0 Å². The van der Waals surface area contributed by atoms with E-state index in [2.05, 4.69) is 62.9 Å². The van der Waals surface area contributed by atoms with E-state index in [0.717, 1.165) is 6.16 Å². The molecule has 0 saturated carbocycles. The smallest absolute Gasteiger partial charge is 0 e. The molecule has 1 atom stereocenters. The molecule has 124 valence electrons. The van der Waals surface area contributed by atoms with E-state index in [0.29, 0.717) is 0 Å². The van der Waals surface area contributed by atoms with Gasteiger partial charge in [0.1, 0.15) is 0 Å². The molecule has 0 heterocycles. The van der Waals surface area contributed by atoms with Crippen molar-refractivity contribution in [1.82, 2.24) is 0 Å². The molecule has 0 aliphatic carbocycles. The van der Waals surface area contributed by atoms with Crippen LogP contribution in [-0.2, 0) is 34.1 Å². The van der Waals surface area contributed by atoms with Gasteiger partial charge in [0.25, 0.3) is 0 Å². The molecule has 21 heavy (non-hydrogen) atoms. The third-order valence-electron chi connectivity index (χ3n) is 3.38. The van der Waals surface area contributed by atoms with Crippen LogP contribution in [0.1, 0.15) is 58.2 Å². The van der Waals surface area contributed by atoms with Gasteiger partial charge in [-0.3, -0.25) is 0 Å². The van der Waals surface area contributed by atoms with E-state index in [-0.39, 0.29) is 27.9 Å². The summed E-state index contributed by atoms with van der Waals surface area (Å²) in [5.74, 6) is 0. The molecule has 0 fully saturated rings. The Hall–Kier alpha value is -0.351. The van der Waals surface area contributed by atoms with Crippen molar-refractivity contribution in [2.75, 3.05) is 0 Å². The van der Waals surface area contributed by atoms with Gasteiger partial charge in [-0.15, -0.1) is 14.8 Å². The number of hydrogen-bond donors (Lipinski definition) is 0. The number of rotatable bonds is 1. The second-order valence-corrected chi connectivity index (χ2v) is 7.72. The van der Waals surface area contributed by atoms with Crippen LogP contribution in [-0.4, -0.2) is 0 Å². The van der Waals surface area contributed by atoms with E-state index < -0.39 is 0 Å². The van der Waals surface area contributed by atoms with E-state index in [1.807, 2.05) is 30.3 Å². The van der Waals surface area contributed by atoms with Crippen molar-refractivity contribution < 1.29 is 17.1 Å². The molecule has 1 unspecified atom stereocenters. The van der Waals surface area contributed by atoms with Crippen LogP contribution in [0.15, 0.2) is 42.5 Å². The topological polar surface area (TPSA) is 0 Å². The maximum Gasteiger partial charge on any atom is 0 e. The van der Waals surface area contributed by atoms with Gasteiger partial charge in [0.15, 0.2) is 0 Å². The quantitative estimate of drug-likeness (QED) is 0.350. The van der Waals surface area contributed by atoms with E-state index in [1.165, 1.54) is 11.1 Å². The molecule has 0 spiro atoms. The second-order valence-electron chi connectivity index (χ2n) is 7.31. The first-order chi connectivity index (χ1) is 9.18. The molecule has 2 aromatic rings. The van der Waals surface area contributed by atoms with Gasteiger partial charge in [-0.1, -0.05) is 53.1 Å². The summed E-state index contributed by atoms with van der Waals surface area (Å²) in [5.41, 5.74) is 5.04. The summed E-state index contributed by atoms with van der Waals surface area (Å²) in [6.45, 7) is 13.8. The standard InChI is InChI=1S/C14H24P.C5H5.Fe/c1-13(2,3)11-8-7-10(9-15)12(11)14(4,5)6;1-2-4-5-3-1;/h7-8H,9,15H2,1-6H3;1-5H;/q-1;-5;. The summed E-state index contributed by atoms with van der Waals surface area (Å²) in [6.07, 6.45) is 1.06. The second kappa shape index (κ2) is 8.33. The molecule has 0 aromatic heterocycles. The molecule has 0 radical (unpaired) electrons. The van der Waals surface area contributed by atoms with Gasteiger partial charge in [0, 0.05) is 17.1 Å². The van der Waals surface area contributed by atoms with Crippen molar-refractivity contribution in [1.29, 1.82) is 0 Å². The largest absolute Gasteiger partial charge is 0.748 e. The molecule has 0 aliphatic rings. The normalized spacial score (nSPS) is 11.4. The molecule has 2 rings (SSSR count). The van der Waals surface area contributed by atoms with Crippen molar-refractivity contribution in [3.63, 3.8) is 0 Å². The predicted molar refractivity (Wildman–Crippen MR) is 94.9 cm³/mol. The molecule has 0 amide bonds. The fraction of sp³-hybridized carbons (Fsp3) is 0.474. The van der Waals surface area contributed by atoms with Crippen LogP contribution in [0.25, 0.3) is 0 Å². The first-order valence-corrected chi connectivity index (χ1v) is 8.16. The SMILES string of the molecule is CC(C)(C)c1c(CP)cc[c-]1C(C)(C)C.[Fe].[cH-]1[cH-][cH-][cH-][cH-]1. The first kappa shape index (κ1) is 20.6. The van der Waals surface area contributed by atoms with Crippen LogP contribution >= 0.6 is 9.24 Å². The molecule has 0 nitrogen and oxygen atoms in total. The Kier molecular flexibility index (Phi) is 8.19. The molecular weight excluding hydrogens is 315 g/mol. The molecule has 0 N–H and O–H groups in total. The van der Waals surface area contributed by atoms with Crippen LogP contribution < -0.4 is 0 Å². The van der Waals surface area contributed by atoms with Gasteiger partial charge in [-0.2, -0.15) is 17.2 Å². The van der Waals surface area contributed by atoms with E-state index in [9.17, 15) is 0 Å². The Morgan fingerprint density at radius 2 is 1.38 bits per heavy atom. The monoisotopic (exact) mass is 344 g/mol. The summed E-state index contributed by atoms with van der Waals surface area (Å²) >= 11 is 0. The maximum absolute atomic E-state index is 2.84. The average Bonchev–Trinajstić information content (AvgIpc) is 2.99. The van der Waals surface area contributed by atoms with E-state index in [1.54, 1.807) is 5.56 Å². The Balaban J connectivity index is 0.000000562. The Labute approximate surface area is 144 Å². The van der Waals surface area contributed by atoms with Crippen molar-refractivity contribution in [3.8, 4) is 0 Å². The van der Waals surface area contributed by atoms with E-state index >= 15 is 0 Å². The van der Waals surface area contributed by atoms with Gasteiger partial charge in [0.2, 0.25) is 0 Å². The Bertz CT molecular complexity index is 475. The minimum absolute atomic E-state index is 0. The number of hydrogen-bond acceptors (Lipinski definition) is 0. The van der Waals surface area contributed by atoms with Gasteiger partial charge < -0.3 is 30.3 Å². The molecular formula is C19H29FeP-6. The minimum atomic E-state index is 0. The maximum atomic E-state index is 2.84. The third kappa shape index (κ3) is 6.11. The van der Waals surface area contributed by atoms with Crippen LogP contribution in [0.3, 0.4) is 0 Å². The van der Waals surface area contributed by atoms with Gasteiger partial charge >= 0.3 is 0 Å². The zero-order valence-electron chi connectivity index (χ0n) is 14.2. The summed E-state index contributed by atoms with van der Waals surface area (Å²) in [4.78, 5) is 0. The van der Waals surface area contributed by atoms with Crippen LogP contribution in [0, 0.1) is 0 Å². The van der Waals surface area contributed by atoms with Crippen molar-refractivity contribution >= 4 is 9.24 Å². The Morgan fingerprint density at radius 3 is 1.67 bits per heavy atom. The zero-order valence-corrected chi connectivity index (χ0v) is 16.4. The summed E-state index contributed by atoms with van der Waals surface area (Å²) < 4.78 is 0. The molecule has 2 heteroatoms. The van der Waals surface area contributed by atoms with Gasteiger partial charge in [-0.25, -0.2) is 6.07 Å². The van der Waals surface area contributed by atoms with Crippen molar-refractivity contribution in [2.24, 2.45) is 0 Å². The average molecular weight is 344 g/mol. The molecule has 0 aliphatic heterocycles. The minimum Gasteiger partial charge on any atom is -0.748 e. The van der Waals surface area contributed by atoms with Gasteiger partial charge in [-0.05, 0) is 5.41 Å². The molecule has 0 saturated heterocycles. The molecule has 2 aromatic carbocycles. The first-order valence-electron chi connectivity index (χ1n) is 7.34. The fourth-order valence-corrected chi connectivity index (χ4v) is 2.87. The summed E-state index contributed by atoms with van der Waals surface area (Å²) in [6, 6.07) is 14.6.